The Hall–Kier alpha value is -2.70. The van der Waals surface area contributed by atoms with Gasteiger partial charge in [0, 0.05) is 43.7 Å². The molecule has 4 rings (SSSR count). The van der Waals surface area contributed by atoms with Gasteiger partial charge >= 0.3 is 0 Å². The van der Waals surface area contributed by atoms with Crippen LogP contribution in [0.25, 0.3) is 0 Å². The molecule has 2 aromatic rings. The first-order valence-electron chi connectivity index (χ1n) is 9.42. The predicted octanol–water partition coefficient (Wildman–Crippen LogP) is 2.67. The van der Waals surface area contributed by atoms with E-state index in [0.29, 0.717) is 36.2 Å². The molecule has 2 aliphatic heterocycles. The fourth-order valence-corrected chi connectivity index (χ4v) is 3.82. The van der Waals surface area contributed by atoms with E-state index in [1.807, 2.05) is 0 Å². The van der Waals surface area contributed by atoms with E-state index in [-0.39, 0.29) is 23.2 Å². The van der Waals surface area contributed by atoms with E-state index in [1.165, 1.54) is 18.2 Å². The summed E-state index contributed by atoms with van der Waals surface area (Å²) in [4.78, 5) is 35.9. The number of aromatic amines is 1. The van der Waals surface area contributed by atoms with Gasteiger partial charge in [-0.15, -0.1) is 0 Å². The van der Waals surface area contributed by atoms with Crippen molar-refractivity contribution in [3.05, 3.63) is 52.2 Å². The Morgan fingerprint density at radius 1 is 1.15 bits per heavy atom. The van der Waals surface area contributed by atoms with Gasteiger partial charge in [-0.25, -0.2) is 9.37 Å². The van der Waals surface area contributed by atoms with Crippen molar-refractivity contribution >= 4 is 17.5 Å². The van der Waals surface area contributed by atoms with Crippen LogP contribution in [-0.2, 0) is 4.79 Å². The Morgan fingerprint density at radius 3 is 2.56 bits per heavy atom. The molecule has 1 amide bonds. The molecule has 0 radical (unpaired) electrons. The smallest absolute Gasteiger partial charge is 0.252 e. The quantitative estimate of drug-likeness (QED) is 0.902. The summed E-state index contributed by atoms with van der Waals surface area (Å²) in [5, 5.41) is 0. The summed E-state index contributed by atoms with van der Waals surface area (Å²) in [6.45, 7) is 4.42. The molecule has 0 spiro atoms. The molecule has 2 saturated heterocycles. The number of nitrogens with one attached hydrogen (secondary N) is 1. The van der Waals surface area contributed by atoms with Crippen molar-refractivity contribution in [3.63, 3.8) is 0 Å². The largest absolute Gasteiger partial charge is 0.342 e. The fourth-order valence-electron chi connectivity index (χ4n) is 3.82. The first-order valence-corrected chi connectivity index (χ1v) is 9.42. The molecular formula is C20H23FN4O2. The third-order valence-corrected chi connectivity index (χ3v) is 5.51. The molecule has 1 aromatic carbocycles. The van der Waals surface area contributed by atoms with Crippen LogP contribution in [0.2, 0.25) is 0 Å². The van der Waals surface area contributed by atoms with Gasteiger partial charge in [-0.2, -0.15) is 0 Å². The third-order valence-electron chi connectivity index (χ3n) is 5.51. The minimum atomic E-state index is -0.335. The van der Waals surface area contributed by atoms with Crippen LogP contribution in [0.1, 0.15) is 37.8 Å². The number of piperidine rings is 1. The molecule has 3 heterocycles. The Kier molecular flexibility index (Phi) is 4.68. The number of hydrogen-bond acceptors (Lipinski definition) is 4. The first-order chi connectivity index (χ1) is 13.0. The fraction of sp³-hybridized carbons (Fsp3) is 0.450. The maximum atomic E-state index is 13.1. The summed E-state index contributed by atoms with van der Waals surface area (Å²) in [6.07, 6.45) is 2.45. The van der Waals surface area contributed by atoms with Crippen LogP contribution in [0.5, 0.6) is 0 Å². The monoisotopic (exact) mass is 370 g/mol. The predicted molar refractivity (Wildman–Crippen MR) is 102 cm³/mol. The molecule has 1 aromatic heterocycles. The second-order valence-electron chi connectivity index (χ2n) is 7.55. The number of carbonyl (C=O) groups is 1. The molecule has 142 valence electrons. The summed E-state index contributed by atoms with van der Waals surface area (Å²) in [7, 11) is 0. The summed E-state index contributed by atoms with van der Waals surface area (Å²) in [6, 6.07) is 7.37. The second kappa shape index (κ2) is 7.13. The van der Waals surface area contributed by atoms with Crippen LogP contribution in [0.4, 0.5) is 16.0 Å². The van der Waals surface area contributed by atoms with Gasteiger partial charge in [-0.05, 0) is 43.0 Å². The Labute approximate surface area is 157 Å². The van der Waals surface area contributed by atoms with Crippen molar-refractivity contribution in [1.29, 1.82) is 0 Å². The summed E-state index contributed by atoms with van der Waals surface area (Å²) >= 11 is 0. The lowest BCUT2D eigenvalue weighted by atomic mass is 9.99. The van der Waals surface area contributed by atoms with E-state index in [2.05, 4.69) is 21.8 Å². The zero-order valence-corrected chi connectivity index (χ0v) is 15.3. The highest BCUT2D eigenvalue weighted by Gasteiger charge is 2.33. The SMILES string of the molecule is CC1CCN(c2nc(C3CC(=O)N(c4ccc(F)cc4)C3)cc(=O)[nH]2)CC1. The molecule has 0 aliphatic carbocycles. The van der Waals surface area contributed by atoms with Gasteiger partial charge in [-0.1, -0.05) is 6.92 Å². The van der Waals surface area contributed by atoms with Crippen LogP contribution >= 0.6 is 0 Å². The number of hydrogen-bond donors (Lipinski definition) is 1. The van der Waals surface area contributed by atoms with Gasteiger partial charge in [0.05, 0.1) is 5.69 Å². The number of anilines is 2. The molecular weight excluding hydrogens is 347 g/mol. The van der Waals surface area contributed by atoms with Gasteiger partial charge < -0.3 is 9.80 Å². The van der Waals surface area contributed by atoms with Gasteiger partial charge in [0.15, 0.2) is 0 Å². The van der Waals surface area contributed by atoms with Gasteiger partial charge in [0.2, 0.25) is 11.9 Å². The molecule has 7 heteroatoms. The van der Waals surface area contributed by atoms with E-state index < -0.39 is 0 Å². The molecule has 1 unspecified atom stereocenters. The molecule has 0 bridgehead atoms. The van der Waals surface area contributed by atoms with Crippen molar-refractivity contribution < 1.29 is 9.18 Å². The van der Waals surface area contributed by atoms with Crippen molar-refractivity contribution in [3.8, 4) is 0 Å². The lowest BCUT2D eigenvalue weighted by molar-refractivity contribution is -0.117. The maximum Gasteiger partial charge on any atom is 0.252 e. The van der Waals surface area contributed by atoms with Crippen LogP contribution in [0, 0.1) is 11.7 Å². The molecule has 2 fully saturated rings. The second-order valence-corrected chi connectivity index (χ2v) is 7.55. The lowest BCUT2D eigenvalue weighted by Crippen LogP contribution is -2.35. The number of carbonyl (C=O) groups excluding carboxylic acids is 1. The minimum Gasteiger partial charge on any atom is -0.342 e. The summed E-state index contributed by atoms with van der Waals surface area (Å²) in [5.41, 5.74) is 1.12. The van der Waals surface area contributed by atoms with E-state index in [9.17, 15) is 14.0 Å². The van der Waals surface area contributed by atoms with E-state index >= 15 is 0 Å². The highest BCUT2D eigenvalue weighted by Crippen LogP contribution is 2.31. The molecule has 1 N–H and O–H groups in total. The van der Waals surface area contributed by atoms with Crippen molar-refractivity contribution in [2.24, 2.45) is 5.92 Å². The highest BCUT2D eigenvalue weighted by molar-refractivity contribution is 5.96. The zero-order valence-electron chi connectivity index (χ0n) is 15.3. The van der Waals surface area contributed by atoms with Crippen molar-refractivity contribution in [1.82, 2.24) is 9.97 Å². The van der Waals surface area contributed by atoms with E-state index in [0.717, 1.165) is 25.9 Å². The van der Waals surface area contributed by atoms with Crippen molar-refractivity contribution in [2.45, 2.75) is 32.1 Å². The van der Waals surface area contributed by atoms with Gasteiger partial charge in [0.1, 0.15) is 5.82 Å². The van der Waals surface area contributed by atoms with Gasteiger partial charge in [-0.3, -0.25) is 14.6 Å². The average molecular weight is 370 g/mol. The van der Waals surface area contributed by atoms with Crippen LogP contribution in [0.3, 0.4) is 0 Å². The van der Waals surface area contributed by atoms with E-state index in [4.69, 9.17) is 0 Å². The van der Waals surface area contributed by atoms with Crippen LogP contribution in [0.15, 0.2) is 35.1 Å². The number of H-pyrrole nitrogens is 1. The zero-order chi connectivity index (χ0) is 19.0. The van der Waals surface area contributed by atoms with E-state index in [1.54, 1.807) is 17.0 Å². The number of benzene rings is 1. The maximum absolute atomic E-state index is 13.1. The van der Waals surface area contributed by atoms with Crippen LogP contribution < -0.4 is 15.4 Å². The molecule has 27 heavy (non-hydrogen) atoms. The highest BCUT2D eigenvalue weighted by atomic mass is 19.1. The Bertz CT molecular complexity index is 888. The average Bonchev–Trinajstić information content (AvgIpc) is 3.04. The molecule has 0 saturated carbocycles. The Balaban J connectivity index is 1.56. The number of amides is 1. The third kappa shape index (κ3) is 3.72. The first kappa shape index (κ1) is 17.7. The number of halogens is 1. The molecule has 6 nitrogen and oxygen atoms in total. The van der Waals surface area contributed by atoms with Crippen molar-refractivity contribution in [2.75, 3.05) is 29.4 Å². The number of rotatable bonds is 3. The normalized spacial score (nSPS) is 21.1. The molecule has 2 aliphatic rings. The summed E-state index contributed by atoms with van der Waals surface area (Å²) < 4.78 is 13.1. The Morgan fingerprint density at radius 2 is 1.85 bits per heavy atom. The van der Waals surface area contributed by atoms with Gasteiger partial charge in [0.25, 0.3) is 5.56 Å². The lowest BCUT2D eigenvalue weighted by Gasteiger charge is -2.30. The standard InChI is InChI=1S/C20H23FN4O2/c1-13-6-8-24(9-7-13)20-22-17(11-18(26)23-20)14-10-19(27)25(12-14)16-4-2-15(21)3-5-16/h2-5,11,13-14H,6-10,12H2,1H3,(H,22,23,26). The van der Waals surface area contributed by atoms with Crippen LogP contribution in [-0.4, -0.2) is 35.5 Å². The summed E-state index contributed by atoms with van der Waals surface area (Å²) in [5.74, 6) is 0.762. The minimum absolute atomic E-state index is 0.0398. The number of nitrogens with zero attached hydrogens (tertiary/aromatic N) is 3. The topological polar surface area (TPSA) is 69.3 Å². The molecule has 1 atom stereocenters. The number of aromatic nitrogens is 2.